The number of benzene rings is 2. The fraction of sp³-hybridized carbons (Fsp3) is 0.455. The lowest BCUT2D eigenvalue weighted by Gasteiger charge is -2.41. The number of rotatable bonds is 4. The van der Waals surface area contributed by atoms with Crippen molar-refractivity contribution in [1.82, 2.24) is 24.8 Å². The quantitative estimate of drug-likeness (QED) is 0.210. The SMILES string of the molecule is CN1CCCC1.COc1nc(N2CCN(C(=O)OC(C)(C)C)C(C(F)F)C2)c2cnc(-c3cccc4ccc(F)c(Cl)c34)c(F)c2n1. The molecule has 1 amide bonds. The van der Waals surface area contributed by atoms with Crippen molar-refractivity contribution in [3.8, 4) is 17.3 Å². The van der Waals surface area contributed by atoms with Gasteiger partial charge in [-0.2, -0.15) is 9.97 Å². The van der Waals surface area contributed by atoms with Crippen LogP contribution in [0.2, 0.25) is 5.02 Å². The molecular formula is C33H37ClF4N6O3. The highest BCUT2D eigenvalue weighted by Crippen LogP contribution is 2.38. The molecule has 9 nitrogen and oxygen atoms in total. The van der Waals surface area contributed by atoms with E-state index < -0.39 is 35.8 Å². The highest BCUT2D eigenvalue weighted by molar-refractivity contribution is 6.36. The van der Waals surface area contributed by atoms with Gasteiger partial charge in [0.25, 0.3) is 6.43 Å². The molecule has 0 radical (unpaired) electrons. The fourth-order valence-electron chi connectivity index (χ4n) is 5.69. The Morgan fingerprint density at radius 2 is 1.77 bits per heavy atom. The van der Waals surface area contributed by atoms with E-state index in [1.165, 1.54) is 56.3 Å². The molecule has 2 aromatic heterocycles. The number of anilines is 1. The fourth-order valence-corrected chi connectivity index (χ4v) is 5.96. The zero-order valence-electron chi connectivity index (χ0n) is 26.9. The number of nitrogens with zero attached hydrogens (tertiary/aromatic N) is 6. The Bertz CT molecular complexity index is 1770. The van der Waals surface area contributed by atoms with Crippen LogP contribution in [0, 0.1) is 11.6 Å². The summed E-state index contributed by atoms with van der Waals surface area (Å²) in [6.45, 7) is 7.28. The number of halogens is 5. The van der Waals surface area contributed by atoms with E-state index in [1.54, 1.807) is 39.0 Å². The molecule has 1 atom stereocenters. The van der Waals surface area contributed by atoms with Gasteiger partial charge in [0.05, 0.1) is 17.5 Å². The van der Waals surface area contributed by atoms with Gasteiger partial charge in [0.1, 0.15) is 34.5 Å². The molecule has 0 N–H and O–H groups in total. The molecule has 0 bridgehead atoms. The van der Waals surface area contributed by atoms with Crippen LogP contribution >= 0.6 is 11.6 Å². The van der Waals surface area contributed by atoms with Crippen LogP contribution in [0.1, 0.15) is 33.6 Å². The van der Waals surface area contributed by atoms with Gasteiger partial charge in [0, 0.05) is 36.8 Å². The number of fused-ring (bicyclic) bond motifs is 2. The summed E-state index contributed by atoms with van der Waals surface area (Å²) in [6.07, 6.45) is 0.410. The molecule has 0 aliphatic carbocycles. The summed E-state index contributed by atoms with van der Waals surface area (Å²) >= 11 is 6.26. The summed E-state index contributed by atoms with van der Waals surface area (Å²) in [7, 11) is 3.47. The average molecular weight is 677 g/mol. The first kappa shape index (κ1) is 34.4. The van der Waals surface area contributed by atoms with Crippen LogP contribution in [0.25, 0.3) is 32.9 Å². The number of likely N-dealkylation sites (tertiary alicyclic amines) is 1. The summed E-state index contributed by atoms with van der Waals surface area (Å²) in [5.74, 6) is -1.41. The number of carbonyl (C=O) groups is 1. The van der Waals surface area contributed by atoms with Crippen LogP contribution in [-0.4, -0.2) is 95.8 Å². The second-order valence-electron chi connectivity index (χ2n) is 12.5. The minimum absolute atomic E-state index is 0.0915. The monoisotopic (exact) mass is 676 g/mol. The Kier molecular flexibility index (Phi) is 10.3. The first-order valence-electron chi connectivity index (χ1n) is 15.3. The van der Waals surface area contributed by atoms with E-state index in [0.717, 1.165) is 4.90 Å². The van der Waals surface area contributed by atoms with Gasteiger partial charge in [-0.1, -0.05) is 35.9 Å². The van der Waals surface area contributed by atoms with E-state index in [9.17, 15) is 18.0 Å². The van der Waals surface area contributed by atoms with Gasteiger partial charge in [-0.15, -0.1) is 0 Å². The van der Waals surface area contributed by atoms with Crippen LogP contribution in [0.3, 0.4) is 0 Å². The predicted molar refractivity (Wildman–Crippen MR) is 173 cm³/mol. The van der Waals surface area contributed by atoms with Crippen molar-refractivity contribution in [3.05, 3.63) is 53.2 Å². The minimum atomic E-state index is -2.89. The molecule has 1 unspecified atom stereocenters. The summed E-state index contributed by atoms with van der Waals surface area (Å²) in [6, 6.07) is 5.97. The van der Waals surface area contributed by atoms with Gasteiger partial charge in [-0.3, -0.25) is 9.88 Å². The maximum absolute atomic E-state index is 16.2. The zero-order chi connectivity index (χ0) is 34.0. The van der Waals surface area contributed by atoms with Crippen LogP contribution in [0.4, 0.5) is 28.2 Å². The molecule has 4 heterocycles. The van der Waals surface area contributed by atoms with Crippen molar-refractivity contribution in [1.29, 1.82) is 0 Å². The molecular weight excluding hydrogens is 640 g/mol. The number of amides is 1. The molecule has 2 aliphatic heterocycles. The summed E-state index contributed by atoms with van der Waals surface area (Å²) < 4.78 is 69.3. The Labute approximate surface area is 275 Å². The second-order valence-corrected chi connectivity index (χ2v) is 12.9. The van der Waals surface area contributed by atoms with Crippen molar-refractivity contribution < 1.29 is 31.8 Å². The highest BCUT2D eigenvalue weighted by Gasteiger charge is 2.39. The molecule has 0 saturated carbocycles. The molecule has 2 aliphatic rings. The normalized spacial score (nSPS) is 17.3. The van der Waals surface area contributed by atoms with E-state index in [4.69, 9.17) is 21.1 Å². The van der Waals surface area contributed by atoms with Crippen LogP contribution in [0.5, 0.6) is 6.01 Å². The summed E-state index contributed by atoms with van der Waals surface area (Å²) in [5.41, 5.74) is -0.931. The van der Waals surface area contributed by atoms with Crippen molar-refractivity contribution in [2.75, 3.05) is 51.8 Å². The topological polar surface area (TPSA) is 83.9 Å². The van der Waals surface area contributed by atoms with Crippen molar-refractivity contribution in [2.45, 2.75) is 51.7 Å². The van der Waals surface area contributed by atoms with E-state index in [-0.39, 0.29) is 64.0 Å². The molecule has 6 rings (SSSR count). The smallest absolute Gasteiger partial charge is 0.410 e. The summed E-state index contributed by atoms with van der Waals surface area (Å²) in [4.78, 5) is 30.3. The van der Waals surface area contributed by atoms with Crippen LogP contribution in [0.15, 0.2) is 36.5 Å². The third-order valence-corrected chi connectivity index (χ3v) is 8.35. The van der Waals surface area contributed by atoms with Crippen molar-refractivity contribution in [2.24, 2.45) is 0 Å². The van der Waals surface area contributed by atoms with Crippen molar-refractivity contribution in [3.63, 3.8) is 0 Å². The minimum Gasteiger partial charge on any atom is -0.467 e. The Morgan fingerprint density at radius 3 is 2.38 bits per heavy atom. The zero-order valence-corrected chi connectivity index (χ0v) is 27.6. The lowest BCUT2D eigenvalue weighted by Crippen LogP contribution is -2.59. The summed E-state index contributed by atoms with van der Waals surface area (Å²) in [5, 5.41) is 0.820. The van der Waals surface area contributed by atoms with E-state index in [0.29, 0.717) is 5.39 Å². The number of aromatic nitrogens is 3. The maximum Gasteiger partial charge on any atom is 0.410 e. The number of piperazine rings is 1. The molecule has 47 heavy (non-hydrogen) atoms. The van der Waals surface area contributed by atoms with Gasteiger partial charge in [0.15, 0.2) is 5.82 Å². The molecule has 2 aromatic carbocycles. The average Bonchev–Trinajstić information content (AvgIpc) is 3.52. The lowest BCUT2D eigenvalue weighted by atomic mass is 10.0. The molecule has 4 aromatic rings. The third kappa shape index (κ3) is 7.46. The molecule has 14 heteroatoms. The molecule has 0 spiro atoms. The molecule has 2 saturated heterocycles. The second kappa shape index (κ2) is 14.0. The van der Waals surface area contributed by atoms with Gasteiger partial charge in [-0.05, 0) is 65.2 Å². The Hall–Kier alpha value is -3.97. The Balaban J connectivity index is 0.000000650. The molecule has 2 fully saturated rings. The number of ether oxygens (including phenoxy) is 2. The largest absolute Gasteiger partial charge is 0.467 e. The van der Waals surface area contributed by atoms with E-state index >= 15 is 4.39 Å². The van der Waals surface area contributed by atoms with Gasteiger partial charge in [0.2, 0.25) is 0 Å². The Morgan fingerprint density at radius 1 is 1.04 bits per heavy atom. The predicted octanol–water partition coefficient (Wildman–Crippen LogP) is 7.19. The number of hydrogen-bond donors (Lipinski definition) is 0. The number of hydrogen-bond acceptors (Lipinski definition) is 8. The number of carbonyl (C=O) groups excluding carboxylic acids is 1. The van der Waals surface area contributed by atoms with Gasteiger partial charge < -0.3 is 19.3 Å². The van der Waals surface area contributed by atoms with Crippen LogP contribution < -0.4 is 9.64 Å². The number of alkyl halides is 2. The number of pyridine rings is 1. The van der Waals surface area contributed by atoms with E-state index in [1.807, 2.05) is 0 Å². The first-order valence-corrected chi connectivity index (χ1v) is 15.7. The lowest BCUT2D eigenvalue weighted by molar-refractivity contribution is -0.0179. The standard InChI is InChI=1S/C28H26ClF4N5O3.C5H11N/c1-28(2,3)41-27(39)38-11-10-37(13-18(38)24(32)33)25-16-12-34-22(21(31)23(16)35-26(36-25)40-4)15-7-5-6-14-8-9-17(30)20(29)19(14)15;1-6-4-2-3-5-6/h5-9,12,18,24H,10-11,13H2,1-4H3;2-5H2,1H3. The maximum atomic E-state index is 16.2. The van der Waals surface area contributed by atoms with Gasteiger partial charge in [-0.25, -0.2) is 22.4 Å². The first-order chi connectivity index (χ1) is 22.3. The molecule has 252 valence electrons. The highest BCUT2D eigenvalue weighted by atomic mass is 35.5. The number of methoxy groups -OCH3 is 1. The van der Waals surface area contributed by atoms with Gasteiger partial charge >= 0.3 is 12.1 Å². The van der Waals surface area contributed by atoms with Crippen LogP contribution in [-0.2, 0) is 4.74 Å². The third-order valence-electron chi connectivity index (χ3n) is 7.98. The van der Waals surface area contributed by atoms with E-state index in [2.05, 4.69) is 26.9 Å². The van der Waals surface area contributed by atoms with Crippen molar-refractivity contribution >= 4 is 45.2 Å².